The number of hydrogen-bond donors (Lipinski definition) is 1. The van der Waals surface area contributed by atoms with Gasteiger partial charge < -0.3 is 0 Å². The van der Waals surface area contributed by atoms with Gasteiger partial charge in [0.2, 0.25) is 0 Å². The molecule has 2 aromatic rings. The third-order valence-electron chi connectivity index (χ3n) is 2.60. The molecule has 0 aromatic heterocycles. The molecule has 0 aliphatic rings. The van der Waals surface area contributed by atoms with Crippen LogP contribution in [0.3, 0.4) is 0 Å². The first kappa shape index (κ1) is 13.8. The number of benzene rings is 2. The first-order chi connectivity index (χ1) is 8.90. The summed E-state index contributed by atoms with van der Waals surface area (Å²) in [5.41, 5.74) is 0.763. The average molecular weight is 300 g/mol. The van der Waals surface area contributed by atoms with E-state index in [1.54, 1.807) is 19.1 Å². The second-order valence-corrected chi connectivity index (χ2v) is 6.03. The Morgan fingerprint density at radius 2 is 1.74 bits per heavy atom. The van der Waals surface area contributed by atoms with Crippen LogP contribution in [0.2, 0.25) is 5.02 Å². The van der Waals surface area contributed by atoms with Crippen molar-refractivity contribution in [2.75, 3.05) is 4.72 Å². The van der Waals surface area contributed by atoms with Gasteiger partial charge in [-0.3, -0.25) is 4.72 Å². The fourth-order valence-electron chi connectivity index (χ4n) is 1.61. The Kier molecular flexibility index (Phi) is 3.78. The fraction of sp³-hybridized carbons (Fsp3) is 0.0769. The molecule has 0 heterocycles. The molecule has 0 saturated carbocycles. The zero-order valence-corrected chi connectivity index (χ0v) is 11.6. The second kappa shape index (κ2) is 5.19. The highest BCUT2D eigenvalue weighted by atomic mass is 35.5. The number of anilines is 1. The normalized spacial score (nSPS) is 11.3. The molecule has 1 N–H and O–H groups in total. The van der Waals surface area contributed by atoms with Gasteiger partial charge in [-0.1, -0.05) is 17.7 Å². The van der Waals surface area contributed by atoms with E-state index in [2.05, 4.69) is 4.72 Å². The van der Waals surface area contributed by atoms with Gasteiger partial charge in [-0.15, -0.1) is 0 Å². The first-order valence-corrected chi connectivity index (χ1v) is 7.30. The molecule has 19 heavy (non-hydrogen) atoms. The Hall–Kier alpha value is -1.59. The maximum atomic E-state index is 12.8. The topological polar surface area (TPSA) is 46.2 Å². The summed E-state index contributed by atoms with van der Waals surface area (Å²) in [6, 6.07) is 9.72. The molecule has 0 amide bonds. The molecular weight excluding hydrogens is 289 g/mol. The molecule has 3 nitrogen and oxygen atoms in total. The van der Waals surface area contributed by atoms with Gasteiger partial charge in [0.15, 0.2) is 0 Å². The van der Waals surface area contributed by atoms with Crippen molar-refractivity contribution in [1.29, 1.82) is 0 Å². The van der Waals surface area contributed by atoms with E-state index in [9.17, 15) is 12.8 Å². The molecule has 0 bridgehead atoms. The van der Waals surface area contributed by atoms with Crippen molar-refractivity contribution in [1.82, 2.24) is 0 Å². The lowest BCUT2D eigenvalue weighted by Crippen LogP contribution is -2.14. The van der Waals surface area contributed by atoms with Crippen molar-refractivity contribution in [2.24, 2.45) is 0 Å². The predicted octanol–water partition coefficient (Wildman–Crippen LogP) is 3.59. The van der Waals surface area contributed by atoms with Crippen LogP contribution in [0.1, 0.15) is 5.56 Å². The summed E-state index contributed by atoms with van der Waals surface area (Å²) in [4.78, 5) is 0.101. The van der Waals surface area contributed by atoms with Gasteiger partial charge >= 0.3 is 0 Å². The largest absolute Gasteiger partial charge is 0.280 e. The van der Waals surface area contributed by atoms with E-state index in [1.165, 1.54) is 30.3 Å². The van der Waals surface area contributed by atoms with Gasteiger partial charge in [-0.25, -0.2) is 12.8 Å². The number of halogens is 2. The quantitative estimate of drug-likeness (QED) is 0.941. The monoisotopic (exact) mass is 299 g/mol. The SMILES string of the molecule is Cc1c(Cl)cccc1S(=O)(=O)Nc1ccc(F)cc1. The van der Waals surface area contributed by atoms with Crippen LogP contribution < -0.4 is 4.72 Å². The first-order valence-electron chi connectivity index (χ1n) is 5.43. The minimum absolute atomic E-state index is 0.101. The molecular formula is C13H11ClFNO2S. The summed E-state index contributed by atoms with van der Waals surface area (Å²) in [6.07, 6.45) is 0. The molecule has 0 unspecified atom stereocenters. The van der Waals surface area contributed by atoms with Crippen molar-refractivity contribution >= 4 is 27.3 Å². The van der Waals surface area contributed by atoms with E-state index >= 15 is 0 Å². The van der Waals surface area contributed by atoms with Crippen LogP contribution >= 0.6 is 11.6 Å². The maximum Gasteiger partial charge on any atom is 0.262 e. The van der Waals surface area contributed by atoms with E-state index in [0.29, 0.717) is 16.3 Å². The highest BCUT2D eigenvalue weighted by Gasteiger charge is 2.18. The van der Waals surface area contributed by atoms with Gasteiger partial charge in [0, 0.05) is 10.7 Å². The summed E-state index contributed by atoms with van der Waals surface area (Å²) in [6.45, 7) is 1.63. The smallest absolute Gasteiger partial charge is 0.262 e. The summed E-state index contributed by atoms with van der Waals surface area (Å²) in [5, 5.41) is 0.377. The molecule has 0 aliphatic carbocycles. The summed E-state index contributed by atoms with van der Waals surface area (Å²) in [5.74, 6) is -0.429. The summed E-state index contributed by atoms with van der Waals surface area (Å²) < 4.78 is 39.5. The van der Waals surface area contributed by atoms with Crippen molar-refractivity contribution < 1.29 is 12.8 Å². The van der Waals surface area contributed by atoms with E-state index in [1.807, 2.05) is 0 Å². The van der Waals surface area contributed by atoms with E-state index in [4.69, 9.17) is 11.6 Å². The third-order valence-corrected chi connectivity index (χ3v) is 4.54. The van der Waals surface area contributed by atoms with Crippen LogP contribution in [0.4, 0.5) is 10.1 Å². The van der Waals surface area contributed by atoms with Crippen LogP contribution in [0, 0.1) is 12.7 Å². The van der Waals surface area contributed by atoms with Crippen molar-refractivity contribution in [3.8, 4) is 0 Å². The minimum Gasteiger partial charge on any atom is -0.280 e. The van der Waals surface area contributed by atoms with Gasteiger partial charge in [-0.2, -0.15) is 0 Å². The zero-order chi connectivity index (χ0) is 14.0. The Morgan fingerprint density at radius 3 is 2.37 bits per heavy atom. The molecule has 2 aromatic carbocycles. The molecule has 2 rings (SSSR count). The standard InChI is InChI=1S/C13H11ClFNO2S/c1-9-12(14)3-2-4-13(9)19(17,18)16-11-7-5-10(15)6-8-11/h2-8,16H,1H3. The predicted molar refractivity (Wildman–Crippen MR) is 73.4 cm³/mol. The molecule has 0 spiro atoms. The minimum atomic E-state index is -3.74. The Morgan fingerprint density at radius 1 is 1.11 bits per heavy atom. The molecule has 100 valence electrons. The van der Waals surface area contributed by atoms with E-state index in [-0.39, 0.29) is 4.90 Å². The Labute approximate surface area is 116 Å². The van der Waals surface area contributed by atoms with Gasteiger partial charge in [0.05, 0.1) is 4.90 Å². The molecule has 0 saturated heterocycles. The fourth-order valence-corrected chi connectivity index (χ4v) is 3.16. The van der Waals surface area contributed by atoms with Crippen molar-refractivity contribution in [2.45, 2.75) is 11.8 Å². The van der Waals surface area contributed by atoms with E-state index < -0.39 is 15.8 Å². The summed E-state index contributed by atoms with van der Waals surface area (Å²) in [7, 11) is -3.74. The molecule has 6 heteroatoms. The van der Waals surface area contributed by atoms with Crippen molar-refractivity contribution in [3.05, 3.63) is 58.9 Å². The number of nitrogens with one attached hydrogen (secondary N) is 1. The third kappa shape index (κ3) is 3.05. The maximum absolute atomic E-state index is 12.8. The Balaban J connectivity index is 2.38. The molecule has 0 aliphatic heterocycles. The van der Waals surface area contributed by atoms with Gasteiger partial charge in [0.25, 0.3) is 10.0 Å². The van der Waals surface area contributed by atoms with Gasteiger partial charge in [0.1, 0.15) is 5.82 Å². The lowest BCUT2D eigenvalue weighted by Gasteiger charge is -2.11. The Bertz CT molecular complexity index is 699. The second-order valence-electron chi connectivity index (χ2n) is 3.98. The van der Waals surface area contributed by atoms with Crippen LogP contribution in [0.15, 0.2) is 47.4 Å². The molecule has 0 radical (unpaired) electrons. The van der Waals surface area contributed by atoms with Crippen LogP contribution in [-0.2, 0) is 10.0 Å². The molecule has 0 fully saturated rings. The molecule has 0 atom stereocenters. The van der Waals surface area contributed by atoms with Gasteiger partial charge in [-0.05, 0) is 48.9 Å². The number of hydrogen-bond acceptors (Lipinski definition) is 2. The zero-order valence-electron chi connectivity index (χ0n) is 10.0. The average Bonchev–Trinajstić information content (AvgIpc) is 2.35. The lowest BCUT2D eigenvalue weighted by atomic mass is 10.2. The van der Waals surface area contributed by atoms with Crippen molar-refractivity contribution in [3.63, 3.8) is 0 Å². The summed E-state index contributed by atoms with van der Waals surface area (Å²) >= 11 is 5.90. The highest BCUT2D eigenvalue weighted by Crippen LogP contribution is 2.24. The lowest BCUT2D eigenvalue weighted by molar-refractivity contribution is 0.600. The highest BCUT2D eigenvalue weighted by molar-refractivity contribution is 7.92. The van der Waals surface area contributed by atoms with Crippen LogP contribution in [-0.4, -0.2) is 8.42 Å². The van der Waals surface area contributed by atoms with Crippen LogP contribution in [0.25, 0.3) is 0 Å². The van der Waals surface area contributed by atoms with Crippen LogP contribution in [0.5, 0.6) is 0 Å². The number of rotatable bonds is 3. The van der Waals surface area contributed by atoms with E-state index in [0.717, 1.165) is 0 Å². The number of sulfonamides is 1.